The minimum atomic E-state index is -0.292. The molecule has 1 aromatic carbocycles. The summed E-state index contributed by atoms with van der Waals surface area (Å²) >= 11 is 0. The first-order valence-corrected chi connectivity index (χ1v) is 8.01. The van der Waals surface area contributed by atoms with E-state index in [2.05, 4.69) is 27.3 Å². The number of H-pyrrole nitrogens is 1. The zero-order valence-corrected chi connectivity index (χ0v) is 13.2. The van der Waals surface area contributed by atoms with E-state index in [-0.39, 0.29) is 11.7 Å². The predicted molar refractivity (Wildman–Crippen MR) is 86.6 cm³/mol. The Morgan fingerprint density at radius 2 is 2.22 bits per heavy atom. The van der Waals surface area contributed by atoms with Crippen molar-refractivity contribution in [2.45, 2.75) is 25.8 Å². The van der Waals surface area contributed by atoms with Gasteiger partial charge in [-0.3, -0.25) is 14.8 Å². The fraction of sp³-hybridized carbons (Fsp3) is 0.412. The molecule has 2 heterocycles. The van der Waals surface area contributed by atoms with Crippen molar-refractivity contribution in [3.05, 3.63) is 41.8 Å². The largest absolute Gasteiger partial charge is 0.349 e. The molecule has 0 radical (unpaired) electrons. The molecule has 1 fully saturated rings. The summed E-state index contributed by atoms with van der Waals surface area (Å²) in [5.74, 6) is -0.451. The van der Waals surface area contributed by atoms with Crippen molar-refractivity contribution in [1.82, 2.24) is 20.4 Å². The SMILES string of the molecule is CCN1CCC[C@@H]1CNC(=O)c1cc(-c2ccc(F)cc2)n[nH]1. The third kappa shape index (κ3) is 3.59. The van der Waals surface area contributed by atoms with Crippen LogP contribution in [-0.4, -0.2) is 46.7 Å². The van der Waals surface area contributed by atoms with E-state index in [0.29, 0.717) is 24.0 Å². The van der Waals surface area contributed by atoms with Crippen molar-refractivity contribution >= 4 is 5.91 Å². The number of amides is 1. The number of rotatable bonds is 5. The van der Waals surface area contributed by atoms with Crippen molar-refractivity contribution in [2.75, 3.05) is 19.6 Å². The average molecular weight is 316 g/mol. The van der Waals surface area contributed by atoms with Gasteiger partial charge in [0.2, 0.25) is 0 Å². The number of likely N-dealkylation sites (N-methyl/N-ethyl adjacent to an activating group) is 1. The van der Waals surface area contributed by atoms with E-state index in [0.717, 1.165) is 25.1 Å². The molecule has 2 aromatic rings. The molecule has 1 aliphatic rings. The number of halogens is 1. The number of aromatic amines is 1. The Balaban J connectivity index is 1.61. The molecular weight excluding hydrogens is 295 g/mol. The van der Waals surface area contributed by atoms with Crippen molar-refractivity contribution in [1.29, 1.82) is 0 Å². The number of benzene rings is 1. The minimum absolute atomic E-state index is 0.159. The topological polar surface area (TPSA) is 61.0 Å². The number of nitrogens with one attached hydrogen (secondary N) is 2. The van der Waals surface area contributed by atoms with Gasteiger partial charge in [-0.1, -0.05) is 6.92 Å². The van der Waals surface area contributed by atoms with Crippen LogP contribution in [0.5, 0.6) is 0 Å². The first-order chi connectivity index (χ1) is 11.2. The Morgan fingerprint density at radius 1 is 1.43 bits per heavy atom. The molecule has 0 aliphatic carbocycles. The molecule has 1 amide bonds. The maximum atomic E-state index is 12.9. The van der Waals surface area contributed by atoms with E-state index in [4.69, 9.17) is 0 Å². The van der Waals surface area contributed by atoms with Gasteiger partial charge in [0.1, 0.15) is 11.5 Å². The van der Waals surface area contributed by atoms with Crippen LogP contribution in [0.4, 0.5) is 4.39 Å². The molecule has 23 heavy (non-hydrogen) atoms. The summed E-state index contributed by atoms with van der Waals surface area (Å²) in [7, 11) is 0. The fourth-order valence-electron chi connectivity index (χ4n) is 3.05. The molecule has 1 saturated heterocycles. The van der Waals surface area contributed by atoms with Crippen LogP contribution < -0.4 is 5.32 Å². The van der Waals surface area contributed by atoms with Gasteiger partial charge in [0.05, 0.1) is 5.69 Å². The second-order valence-electron chi connectivity index (χ2n) is 5.81. The van der Waals surface area contributed by atoms with Crippen LogP contribution >= 0.6 is 0 Å². The van der Waals surface area contributed by atoms with Crippen LogP contribution in [0.3, 0.4) is 0 Å². The van der Waals surface area contributed by atoms with Gasteiger partial charge in [-0.25, -0.2) is 4.39 Å². The standard InChI is InChI=1S/C17H21FN4O/c1-2-22-9-3-4-14(22)11-19-17(23)16-10-15(20-21-16)12-5-7-13(18)8-6-12/h5-8,10,14H,2-4,9,11H2,1H3,(H,19,23)(H,20,21)/t14-/m1/s1. The highest BCUT2D eigenvalue weighted by Gasteiger charge is 2.23. The molecule has 6 heteroatoms. The van der Waals surface area contributed by atoms with Gasteiger partial charge in [0.25, 0.3) is 5.91 Å². The van der Waals surface area contributed by atoms with E-state index in [1.165, 1.54) is 18.6 Å². The van der Waals surface area contributed by atoms with Crippen LogP contribution in [0.2, 0.25) is 0 Å². The number of likely N-dealkylation sites (tertiary alicyclic amines) is 1. The molecule has 122 valence electrons. The zero-order valence-electron chi connectivity index (χ0n) is 13.2. The Hall–Kier alpha value is -2.21. The van der Waals surface area contributed by atoms with Crippen LogP contribution in [0.25, 0.3) is 11.3 Å². The van der Waals surface area contributed by atoms with Crippen LogP contribution in [0.15, 0.2) is 30.3 Å². The lowest BCUT2D eigenvalue weighted by molar-refractivity contribution is 0.0936. The summed E-state index contributed by atoms with van der Waals surface area (Å²) in [5, 5.41) is 9.85. The smallest absolute Gasteiger partial charge is 0.269 e. The van der Waals surface area contributed by atoms with Gasteiger partial charge in [-0.15, -0.1) is 0 Å². The third-order valence-electron chi connectivity index (χ3n) is 4.37. The lowest BCUT2D eigenvalue weighted by Gasteiger charge is -2.22. The summed E-state index contributed by atoms with van der Waals surface area (Å²) < 4.78 is 12.9. The van der Waals surface area contributed by atoms with Gasteiger partial charge in [0.15, 0.2) is 0 Å². The van der Waals surface area contributed by atoms with Crippen molar-refractivity contribution in [3.63, 3.8) is 0 Å². The number of hydrogen-bond acceptors (Lipinski definition) is 3. The Morgan fingerprint density at radius 3 is 2.96 bits per heavy atom. The average Bonchev–Trinajstić information content (AvgIpc) is 3.22. The number of aromatic nitrogens is 2. The second-order valence-corrected chi connectivity index (χ2v) is 5.81. The van der Waals surface area contributed by atoms with E-state index in [1.54, 1.807) is 18.2 Å². The predicted octanol–water partition coefficient (Wildman–Crippen LogP) is 2.43. The van der Waals surface area contributed by atoms with Crippen LogP contribution in [-0.2, 0) is 0 Å². The lowest BCUT2D eigenvalue weighted by Crippen LogP contribution is -2.40. The molecule has 5 nitrogen and oxygen atoms in total. The molecule has 0 spiro atoms. The van der Waals surface area contributed by atoms with Gasteiger partial charge >= 0.3 is 0 Å². The van der Waals surface area contributed by atoms with Crippen LogP contribution in [0.1, 0.15) is 30.3 Å². The fourth-order valence-corrected chi connectivity index (χ4v) is 3.05. The zero-order chi connectivity index (χ0) is 16.2. The summed E-state index contributed by atoms with van der Waals surface area (Å²) in [6.07, 6.45) is 2.31. The monoisotopic (exact) mass is 316 g/mol. The summed E-state index contributed by atoms with van der Waals surface area (Å²) in [5.41, 5.74) is 1.83. The molecule has 3 rings (SSSR count). The summed E-state index contributed by atoms with van der Waals surface area (Å²) in [4.78, 5) is 14.6. The van der Waals surface area contributed by atoms with Gasteiger partial charge < -0.3 is 5.32 Å². The lowest BCUT2D eigenvalue weighted by atomic mass is 10.1. The van der Waals surface area contributed by atoms with Crippen molar-refractivity contribution in [3.8, 4) is 11.3 Å². The Labute approximate surface area is 134 Å². The summed E-state index contributed by atoms with van der Waals surface area (Å²) in [6.45, 7) is 4.91. The van der Waals surface area contributed by atoms with E-state index in [1.807, 2.05) is 0 Å². The van der Waals surface area contributed by atoms with E-state index < -0.39 is 0 Å². The molecule has 0 unspecified atom stereocenters. The normalized spacial score (nSPS) is 18.3. The highest BCUT2D eigenvalue weighted by molar-refractivity contribution is 5.93. The Kier molecular flexibility index (Phi) is 4.71. The Bertz CT molecular complexity index is 667. The van der Waals surface area contributed by atoms with Crippen LogP contribution in [0, 0.1) is 5.82 Å². The van der Waals surface area contributed by atoms with E-state index in [9.17, 15) is 9.18 Å². The first kappa shape index (κ1) is 15.7. The van der Waals surface area contributed by atoms with Gasteiger partial charge in [-0.05, 0) is 56.3 Å². The molecular formula is C17H21FN4O. The van der Waals surface area contributed by atoms with Gasteiger partial charge in [0, 0.05) is 18.2 Å². The first-order valence-electron chi connectivity index (χ1n) is 8.01. The quantitative estimate of drug-likeness (QED) is 0.890. The van der Waals surface area contributed by atoms with Crippen molar-refractivity contribution < 1.29 is 9.18 Å². The second kappa shape index (κ2) is 6.91. The minimum Gasteiger partial charge on any atom is -0.349 e. The summed E-state index contributed by atoms with van der Waals surface area (Å²) in [6, 6.07) is 8.15. The highest BCUT2D eigenvalue weighted by Crippen LogP contribution is 2.18. The highest BCUT2D eigenvalue weighted by atomic mass is 19.1. The molecule has 0 saturated carbocycles. The van der Waals surface area contributed by atoms with Gasteiger partial charge in [-0.2, -0.15) is 5.10 Å². The maximum absolute atomic E-state index is 12.9. The number of carbonyl (C=O) groups is 1. The molecule has 1 aliphatic heterocycles. The molecule has 1 aromatic heterocycles. The number of nitrogens with zero attached hydrogens (tertiary/aromatic N) is 2. The maximum Gasteiger partial charge on any atom is 0.269 e. The molecule has 2 N–H and O–H groups in total. The number of carbonyl (C=O) groups excluding carboxylic acids is 1. The van der Waals surface area contributed by atoms with E-state index >= 15 is 0 Å². The molecule has 0 bridgehead atoms. The number of hydrogen-bond donors (Lipinski definition) is 2. The molecule has 1 atom stereocenters. The third-order valence-corrected chi connectivity index (χ3v) is 4.37. The van der Waals surface area contributed by atoms with Crippen molar-refractivity contribution in [2.24, 2.45) is 0 Å².